The average molecular weight is 436 g/mol. The van der Waals surface area contributed by atoms with Crippen LogP contribution in [0.2, 0.25) is 0 Å². The van der Waals surface area contributed by atoms with E-state index in [2.05, 4.69) is 26.9 Å². The van der Waals surface area contributed by atoms with E-state index in [0.29, 0.717) is 30.4 Å². The summed E-state index contributed by atoms with van der Waals surface area (Å²) in [6.45, 7) is 6.12. The summed E-state index contributed by atoms with van der Waals surface area (Å²) in [6.07, 6.45) is 3.20. The van der Waals surface area contributed by atoms with Crippen LogP contribution in [0.3, 0.4) is 0 Å². The van der Waals surface area contributed by atoms with Crippen molar-refractivity contribution in [2.45, 2.75) is 19.4 Å². The number of benzene rings is 2. The molecule has 1 aliphatic heterocycles. The van der Waals surface area contributed by atoms with Crippen LogP contribution in [0, 0.1) is 11.7 Å². The summed E-state index contributed by atoms with van der Waals surface area (Å²) in [7, 11) is 0. The molecule has 0 radical (unpaired) electrons. The van der Waals surface area contributed by atoms with Crippen LogP contribution >= 0.6 is 0 Å². The predicted octanol–water partition coefficient (Wildman–Crippen LogP) is 4.29. The van der Waals surface area contributed by atoms with Crippen molar-refractivity contribution in [2.24, 2.45) is 5.92 Å². The van der Waals surface area contributed by atoms with Gasteiger partial charge in [-0.25, -0.2) is 4.39 Å². The van der Waals surface area contributed by atoms with Crippen LogP contribution in [-0.2, 0) is 11.3 Å². The predicted molar refractivity (Wildman–Crippen MR) is 118 cm³/mol. The molecule has 0 aliphatic carbocycles. The van der Waals surface area contributed by atoms with Gasteiger partial charge in [-0.05, 0) is 74.5 Å². The molecule has 1 amide bonds. The molecule has 0 bridgehead atoms. The monoisotopic (exact) mass is 436 g/mol. The molecule has 8 heteroatoms. The Morgan fingerprint density at radius 3 is 2.59 bits per heavy atom. The zero-order valence-corrected chi connectivity index (χ0v) is 17.7. The molecule has 1 aromatic heterocycles. The molecule has 1 saturated heterocycles. The highest BCUT2D eigenvalue weighted by atomic mass is 19.1. The van der Waals surface area contributed by atoms with Crippen LogP contribution in [0.1, 0.15) is 18.7 Å². The maximum absolute atomic E-state index is 13.1. The Morgan fingerprint density at radius 1 is 1.19 bits per heavy atom. The molecular formula is C24H25FN4O3. The van der Waals surface area contributed by atoms with Crippen molar-refractivity contribution in [3.63, 3.8) is 0 Å². The summed E-state index contributed by atoms with van der Waals surface area (Å²) in [5.41, 5.74) is 1.46. The minimum absolute atomic E-state index is 0.0285. The van der Waals surface area contributed by atoms with E-state index in [1.165, 1.54) is 12.1 Å². The van der Waals surface area contributed by atoms with Crippen LogP contribution in [0.5, 0.6) is 5.75 Å². The molecule has 0 spiro atoms. The molecule has 1 aliphatic rings. The van der Waals surface area contributed by atoms with E-state index in [9.17, 15) is 9.18 Å². The lowest BCUT2D eigenvalue weighted by atomic mass is 9.96. The van der Waals surface area contributed by atoms with Crippen LogP contribution in [-0.4, -0.2) is 40.6 Å². The SMILES string of the molecule is C=CCOc1ccc(NC(=O)C2CCN(Cc3nc(-c4ccc(F)cc4)no3)CC2)cc1. The molecule has 3 aromatic rings. The molecule has 166 valence electrons. The van der Waals surface area contributed by atoms with E-state index in [1.54, 1.807) is 18.2 Å². The second-order valence-corrected chi connectivity index (χ2v) is 7.68. The maximum atomic E-state index is 13.1. The molecule has 1 N–H and O–H groups in total. The quantitative estimate of drug-likeness (QED) is 0.531. The van der Waals surface area contributed by atoms with Gasteiger partial charge >= 0.3 is 0 Å². The first kappa shape index (κ1) is 21.7. The molecule has 4 rings (SSSR count). The summed E-state index contributed by atoms with van der Waals surface area (Å²) in [5.74, 6) is 1.36. The van der Waals surface area contributed by atoms with E-state index >= 15 is 0 Å². The van der Waals surface area contributed by atoms with Crippen LogP contribution < -0.4 is 10.1 Å². The number of amides is 1. The molecule has 1 fully saturated rings. The van der Waals surface area contributed by atoms with Crippen LogP contribution in [0.4, 0.5) is 10.1 Å². The molecule has 0 unspecified atom stereocenters. The number of piperidine rings is 1. The number of likely N-dealkylation sites (tertiary alicyclic amines) is 1. The highest BCUT2D eigenvalue weighted by molar-refractivity contribution is 5.92. The molecule has 0 saturated carbocycles. The van der Waals surface area contributed by atoms with E-state index in [-0.39, 0.29) is 17.6 Å². The van der Waals surface area contributed by atoms with Gasteiger partial charge < -0.3 is 14.6 Å². The minimum Gasteiger partial charge on any atom is -0.490 e. The van der Waals surface area contributed by atoms with Crippen molar-refractivity contribution in [2.75, 3.05) is 25.0 Å². The van der Waals surface area contributed by atoms with Gasteiger partial charge in [0.2, 0.25) is 17.6 Å². The Kier molecular flexibility index (Phi) is 6.91. The average Bonchev–Trinajstić information content (AvgIpc) is 3.28. The number of carbonyl (C=O) groups excluding carboxylic acids is 1. The first-order valence-electron chi connectivity index (χ1n) is 10.6. The van der Waals surface area contributed by atoms with Crippen molar-refractivity contribution >= 4 is 11.6 Å². The highest BCUT2D eigenvalue weighted by Crippen LogP contribution is 2.23. The minimum atomic E-state index is -0.307. The number of rotatable bonds is 8. The molecule has 32 heavy (non-hydrogen) atoms. The van der Waals surface area contributed by atoms with Crippen LogP contribution in [0.15, 0.2) is 65.7 Å². The summed E-state index contributed by atoms with van der Waals surface area (Å²) in [5, 5.41) is 6.97. The Morgan fingerprint density at radius 2 is 1.91 bits per heavy atom. The lowest BCUT2D eigenvalue weighted by Gasteiger charge is -2.30. The normalized spacial score (nSPS) is 14.8. The van der Waals surface area contributed by atoms with Gasteiger partial charge in [0.15, 0.2) is 0 Å². The van der Waals surface area contributed by atoms with E-state index < -0.39 is 0 Å². The van der Waals surface area contributed by atoms with Crippen molar-refractivity contribution in [3.05, 3.63) is 72.9 Å². The van der Waals surface area contributed by atoms with Crippen molar-refractivity contribution in [1.29, 1.82) is 0 Å². The zero-order chi connectivity index (χ0) is 22.3. The lowest BCUT2D eigenvalue weighted by Crippen LogP contribution is -2.37. The second-order valence-electron chi connectivity index (χ2n) is 7.68. The topological polar surface area (TPSA) is 80.5 Å². The Labute approximate surface area is 185 Å². The van der Waals surface area contributed by atoms with Crippen molar-refractivity contribution < 1.29 is 18.4 Å². The third-order valence-corrected chi connectivity index (χ3v) is 5.38. The third-order valence-electron chi connectivity index (χ3n) is 5.38. The lowest BCUT2D eigenvalue weighted by molar-refractivity contribution is -0.121. The van der Waals surface area contributed by atoms with E-state index in [1.807, 2.05) is 24.3 Å². The number of carbonyl (C=O) groups is 1. The van der Waals surface area contributed by atoms with Gasteiger partial charge in [0, 0.05) is 17.2 Å². The molecule has 2 aromatic carbocycles. The van der Waals surface area contributed by atoms with Gasteiger partial charge in [-0.3, -0.25) is 9.69 Å². The summed E-state index contributed by atoms with van der Waals surface area (Å²) in [6, 6.07) is 13.3. The standard InChI is InChI=1S/C24H25FN4O3/c1-2-15-31-21-9-7-20(8-10-21)26-24(30)18-11-13-29(14-12-18)16-22-27-23(28-32-22)17-3-5-19(25)6-4-17/h2-10,18H,1,11-16H2,(H,26,30). The highest BCUT2D eigenvalue weighted by Gasteiger charge is 2.26. The fourth-order valence-electron chi connectivity index (χ4n) is 3.61. The number of hydrogen-bond donors (Lipinski definition) is 1. The smallest absolute Gasteiger partial charge is 0.241 e. The largest absolute Gasteiger partial charge is 0.490 e. The molecule has 2 heterocycles. The summed E-state index contributed by atoms with van der Waals surface area (Å²) in [4.78, 5) is 19.2. The van der Waals surface area contributed by atoms with Gasteiger partial charge in [0.05, 0.1) is 6.54 Å². The van der Waals surface area contributed by atoms with Crippen molar-refractivity contribution in [1.82, 2.24) is 15.0 Å². The Hall–Kier alpha value is -3.52. The Bertz CT molecular complexity index is 1040. The fourth-order valence-corrected chi connectivity index (χ4v) is 3.61. The summed E-state index contributed by atoms with van der Waals surface area (Å²) >= 11 is 0. The number of nitrogens with zero attached hydrogens (tertiary/aromatic N) is 3. The van der Waals surface area contributed by atoms with Crippen LogP contribution in [0.25, 0.3) is 11.4 Å². The van der Waals surface area contributed by atoms with Gasteiger partial charge in [-0.1, -0.05) is 17.8 Å². The number of anilines is 1. The Balaban J connectivity index is 1.24. The number of ether oxygens (including phenoxy) is 1. The second kappa shape index (κ2) is 10.2. The third kappa shape index (κ3) is 5.59. The number of halogens is 1. The van der Waals surface area contributed by atoms with Gasteiger partial charge in [0.1, 0.15) is 18.2 Å². The molecular weight excluding hydrogens is 411 g/mol. The number of hydrogen-bond acceptors (Lipinski definition) is 6. The fraction of sp³-hybridized carbons (Fsp3) is 0.292. The first-order valence-corrected chi connectivity index (χ1v) is 10.6. The molecule has 7 nitrogen and oxygen atoms in total. The van der Waals surface area contributed by atoms with Gasteiger partial charge in [0.25, 0.3) is 0 Å². The first-order chi connectivity index (χ1) is 15.6. The van der Waals surface area contributed by atoms with E-state index in [0.717, 1.165) is 37.4 Å². The van der Waals surface area contributed by atoms with E-state index in [4.69, 9.17) is 9.26 Å². The molecule has 0 atom stereocenters. The summed E-state index contributed by atoms with van der Waals surface area (Å²) < 4.78 is 23.9. The number of aromatic nitrogens is 2. The van der Waals surface area contributed by atoms with Crippen molar-refractivity contribution in [3.8, 4) is 17.1 Å². The van der Waals surface area contributed by atoms with Gasteiger partial charge in [-0.15, -0.1) is 0 Å². The number of nitrogens with one attached hydrogen (secondary N) is 1. The van der Waals surface area contributed by atoms with Gasteiger partial charge in [-0.2, -0.15) is 4.98 Å². The maximum Gasteiger partial charge on any atom is 0.241 e. The zero-order valence-electron chi connectivity index (χ0n) is 17.7.